The molecule has 84 valence electrons. The largest absolute Gasteiger partial charge is 0.389 e. The van der Waals surface area contributed by atoms with Crippen LogP contribution in [0.3, 0.4) is 0 Å². The van der Waals surface area contributed by atoms with Crippen molar-refractivity contribution in [3.8, 4) is 0 Å². The van der Waals surface area contributed by atoms with E-state index in [1.807, 2.05) is 12.1 Å². The molecule has 1 saturated heterocycles. The molecule has 4 heteroatoms. The van der Waals surface area contributed by atoms with Crippen LogP contribution < -0.4 is 10.6 Å². The maximum atomic E-state index is 5.56. The third kappa shape index (κ3) is 1.57. The number of rotatable bonds is 2. The average molecular weight is 233 g/mol. The molecular formula is C12H15N3S. The first-order chi connectivity index (χ1) is 7.74. The lowest BCUT2D eigenvalue weighted by atomic mass is 10.1. The van der Waals surface area contributed by atoms with Gasteiger partial charge in [-0.2, -0.15) is 0 Å². The van der Waals surface area contributed by atoms with Crippen LogP contribution in [0.1, 0.15) is 24.8 Å². The number of nitrogens with two attached hydrogens (primary N) is 1. The molecular weight excluding hydrogens is 218 g/mol. The van der Waals surface area contributed by atoms with Crippen LogP contribution >= 0.6 is 12.2 Å². The molecule has 0 amide bonds. The molecule has 3 nitrogen and oxygen atoms in total. The van der Waals surface area contributed by atoms with Gasteiger partial charge in [0.05, 0.1) is 0 Å². The van der Waals surface area contributed by atoms with Gasteiger partial charge in [0.1, 0.15) is 10.8 Å². The first kappa shape index (κ1) is 10.0. The molecule has 0 aromatic carbocycles. The molecule has 2 aliphatic rings. The van der Waals surface area contributed by atoms with E-state index in [4.69, 9.17) is 18.0 Å². The van der Waals surface area contributed by atoms with Crippen molar-refractivity contribution in [1.29, 1.82) is 0 Å². The van der Waals surface area contributed by atoms with Crippen LogP contribution in [0.15, 0.2) is 18.3 Å². The zero-order chi connectivity index (χ0) is 11.1. The number of piperidine rings is 1. The minimum Gasteiger partial charge on any atom is -0.389 e. The Kier molecular flexibility index (Phi) is 2.32. The third-order valence-electron chi connectivity index (χ3n) is 3.74. The van der Waals surface area contributed by atoms with Gasteiger partial charge in [0.15, 0.2) is 0 Å². The Bertz CT molecular complexity index is 415. The predicted octanol–water partition coefficient (Wildman–Crippen LogP) is 1.70. The van der Waals surface area contributed by atoms with Gasteiger partial charge in [0.25, 0.3) is 0 Å². The molecule has 1 aliphatic heterocycles. The van der Waals surface area contributed by atoms with Crippen molar-refractivity contribution in [2.45, 2.75) is 25.3 Å². The van der Waals surface area contributed by atoms with E-state index in [2.05, 4.69) is 9.88 Å². The Morgan fingerprint density at radius 1 is 1.44 bits per heavy atom. The van der Waals surface area contributed by atoms with E-state index in [9.17, 15) is 0 Å². The molecule has 2 fully saturated rings. The lowest BCUT2D eigenvalue weighted by Gasteiger charge is -2.28. The van der Waals surface area contributed by atoms with Crippen molar-refractivity contribution in [3.63, 3.8) is 0 Å². The second-order valence-electron chi connectivity index (χ2n) is 4.75. The summed E-state index contributed by atoms with van der Waals surface area (Å²) >= 11 is 4.92. The monoisotopic (exact) mass is 233 g/mol. The summed E-state index contributed by atoms with van der Waals surface area (Å²) < 4.78 is 0. The molecule has 2 heterocycles. The fourth-order valence-electron chi connectivity index (χ4n) is 2.91. The molecule has 1 saturated carbocycles. The number of aromatic nitrogens is 1. The van der Waals surface area contributed by atoms with Gasteiger partial charge in [-0.25, -0.2) is 4.98 Å². The van der Waals surface area contributed by atoms with Gasteiger partial charge in [-0.05, 0) is 37.3 Å². The number of fused-ring (bicyclic) bond motifs is 2. The van der Waals surface area contributed by atoms with Crippen molar-refractivity contribution >= 4 is 23.0 Å². The first-order valence-corrected chi connectivity index (χ1v) is 6.17. The normalized spacial score (nSPS) is 27.4. The van der Waals surface area contributed by atoms with Gasteiger partial charge in [-0.1, -0.05) is 12.2 Å². The van der Waals surface area contributed by atoms with Crippen molar-refractivity contribution in [3.05, 3.63) is 23.9 Å². The van der Waals surface area contributed by atoms with Crippen molar-refractivity contribution in [2.24, 2.45) is 11.7 Å². The molecule has 0 spiro atoms. The first-order valence-electron chi connectivity index (χ1n) is 5.76. The van der Waals surface area contributed by atoms with E-state index >= 15 is 0 Å². The molecule has 2 N–H and O–H groups in total. The number of nitrogens with zero attached hydrogens (tertiary/aromatic N) is 2. The summed E-state index contributed by atoms with van der Waals surface area (Å²) in [5, 5.41) is 0. The van der Waals surface area contributed by atoms with E-state index in [1.165, 1.54) is 25.8 Å². The van der Waals surface area contributed by atoms with Gasteiger partial charge >= 0.3 is 0 Å². The Morgan fingerprint density at radius 3 is 2.81 bits per heavy atom. The number of pyridine rings is 1. The van der Waals surface area contributed by atoms with Crippen LogP contribution in [-0.2, 0) is 0 Å². The number of hydrogen-bond acceptors (Lipinski definition) is 3. The molecule has 16 heavy (non-hydrogen) atoms. The molecule has 3 rings (SSSR count). The standard InChI is InChI=1S/C12H15N3S/c13-12(16)9-2-4-11(14-6-9)15-7-8-1-3-10(15)5-8/h2,4,6,8,10H,1,3,5,7H2,(H2,13,16). The van der Waals surface area contributed by atoms with E-state index in [0.29, 0.717) is 11.0 Å². The summed E-state index contributed by atoms with van der Waals surface area (Å²) in [7, 11) is 0. The van der Waals surface area contributed by atoms with Gasteiger partial charge in [-0.15, -0.1) is 0 Å². The molecule has 2 atom stereocenters. The van der Waals surface area contributed by atoms with Crippen LogP contribution in [0.5, 0.6) is 0 Å². The fraction of sp³-hybridized carbons (Fsp3) is 0.500. The van der Waals surface area contributed by atoms with Crippen molar-refractivity contribution < 1.29 is 0 Å². The number of thiocarbonyl (C=S) groups is 1. The lowest BCUT2D eigenvalue weighted by molar-refractivity contribution is 0.550. The summed E-state index contributed by atoms with van der Waals surface area (Å²) in [6, 6.07) is 4.72. The average Bonchev–Trinajstić information content (AvgIpc) is 2.91. The van der Waals surface area contributed by atoms with E-state index < -0.39 is 0 Å². The lowest BCUT2D eigenvalue weighted by Crippen LogP contribution is -2.32. The predicted molar refractivity (Wildman–Crippen MR) is 68.6 cm³/mol. The smallest absolute Gasteiger partial charge is 0.128 e. The second kappa shape index (κ2) is 3.70. The Morgan fingerprint density at radius 2 is 2.31 bits per heavy atom. The second-order valence-corrected chi connectivity index (χ2v) is 5.19. The van der Waals surface area contributed by atoms with Crippen LogP contribution in [0.4, 0.5) is 5.82 Å². The van der Waals surface area contributed by atoms with E-state index in [0.717, 1.165) is 17.3 Å². The highest BCUT2D eigenvalue weighted by molar-refractivity contribution is 7.80. The maximum absolute atomic E-state index is 5.56. The minimum atomic E-state index is 0.419. The molecule has 0 radical (unpaired) electrons. The number of anilines is 1. The zero-order valence-corrected chi connectivity index (χ0v) is 9.91. The highest BCUT2D eigenvalue weighted by Gasteiger charge is 2.38. The van der Waals surface area contributed by atoms with Gasteiger partial charge < -0.3 is 10.6 Å². The summed E-state index contributed by atoms with van der Waals surface area (Å²) in [6.07, 6.45) is 5.85. The SMILES string of the molecule is NC(=S)c1ccc(N2CC3CCC2C3)nc1. The Labute approximate surface area is 101 Å². The van der Waals surface area contributed by atoms with Crippen molar-refractivity contribution in [2.75, 3.05) is 11.4 Å². The fourth-order valence-corrected chi connectivity index (χ4v) is 3.03. The molecule has 2 unspecified atom stereocenters. The van der Waals surface area contributed by atoms with E-state index in [1.54, 1.807) is 6.20 Å². The maximum Gasteiger partial charge on any atom is 0.128 e. The van der Waals surface area contributed by atoms with Gasteiger partial charge in [0.2, 0.25) is 0 Å². The van der Waals surface area contributed by atoms with Gasteiger partial charge in [-0.3, -0.25) is 0 Å². The Balaban J connectivity index is 1.82. The summed E-state index contributed by atoms with van der Waals surface area (Å²) in [6.45, 7) is 1.17. The van der Waals surface area contributed by atoms with Crippen LogP contribution in [0.25, 0.3) is 0 Å². The Hall–Kier alpha value is -1.16. The highest BCUT2D eigenvalue weighted by Crippen LogP contribution is 2.39. The molecule has 1 aromatic rings. The van der Waals surface area contributed by atoms with E-state index in [-0.39, 0.29) is 0 Å². The number of hydrogen-bond donors (Lipinski definition) is 1. The van der Waals surface area contributed by atoms with Crippen molar-refractivity contribution in [1.82, 2.24) is 4.98 Å². The van der Waals surface area contributed by atoms with Gasteiger partial charge in [0, 0.05) is 24.3 Å². The zero-order valence-electron chi connectivity index (χ0n) is 9.10. The summed E-state index contributed by atoms with van der Waals surface area (Å²) in [4.78, 5) is 7.31. The van der Waals surface area contributed by atoms with Crippen LogP contribution in [-0.4, -0.2) is 22.6 Å². The van der Waals surface area contributed by atoms with Crippen LogP contribution in [0, 0.1) is 5.92 Å². The minimum absolute atomic E-state index is 0.419. The molecule has 1 aromatic heterocycles. The highest BCUT2D eigenvalue weighted by atomic mass is 32.1. The quantitative estimate of drug-likeness (QED) is 0.790. The van der Waals surface area contributed by atoms with Crippen LogP contribution in [0.2, 0.25) is 0 Å². The summed E-state index contributed by atoms with van der Waals surface area (Å²) in [5.41, 5.74) is 6.41. The summed E-state index contributed by atoms with van der Waals surface area (Å²) in [5.74, 6) is 1.97. The molecule has 2 bridgehead atoms. The topological polar surface area (TPSA) is 42.1 Å². The molecule has 1 aliphatic carbocycles. The third-order valence-corrected chi connectivity index (χ3v) is 3.97.